The maximum Gasteiger partial charge on any atom is 0.310 e. The van der Waals surface area contributed by atoms with Crippen LogP contribution in [0.25, 0.3) is 0 Å². The van der Waals surface area contributed by atoms with E-state index in [2.05, 4.69) is 29.4 Å². The number of hydrogen-bond acceptors (Lipinski definition) is 3. The average Bonchev–Trinajstić information content (AvgIpc) is 2.76. The van der Waals surface area contributed by atoms with Gasteiger partial charge in [-0.2, -0.15) is 5.10 Å². The number of carbonyl (C=O) groups is 1. The number of methoxy groups -OCH3 is 1. The van der Waals surface area contributed by atoms with E-state index < -0.39 is 0 Å². The van der Waals surface area contributed by atoms with E-state index in [1.165, 1.54) is 12.7 Å². The van der Waals surface area contributed by atoms with Gasteiger partial charge in [-0.15, -0.1) is 0 Å². The van der Waals surface area contributed by atoms with Gasteiger partial charge in [0.15, 0.2) is 0 Å². The van der Waals surface area contributed by atoms with Gasteiger partial charge in [0.05, 0.1) is 19.2 Å². The summed E-state index contributed by atoms with van der Waals surface area (Å²) in [6.45, 7) is 4.82. The number of benzene rings is 1. The van der Waals surface area contributed by atoms with Crippen molar-refractivity contribution in [2.45, 2.75) is 39.7 Å². The molecule has 0 amide bonds. The highest BCUT2D eigenvalue weighted by atomic mass is 16.5. The Bertz CT molecular complexity index is 603. The second-order valence-corrected chi connectivity index (χ2v) is 5.21. The molecule has 0 aliphatic heterocycles. The first-order valence-electron chi connectivity index (χ1n) is 7.25. The first kappa shape index (κ1) is 15.3. The van der Waals surface area contributed by atoms with Crippen LogP contribution in [0.2, 0.25) is 0 Å². The van der Waals surface area contributed by atoms with Gasteiger partial charge in [0.2, 0.25) is 0 Å². The molecular formula is C17H22N2O2. The smallest absolute Gasteiger partial charge is 0.310 e. The fraction of sp³-hybridized carbons (Fsp3) is 0.412. The van der Waals surface area contributed by atoms with Gasteiger partial charge in [-0.05, 0) is 32.3 Å². The maximum atomic E-state index is 11.4. The molecular weight excluding hydrogens is 264 g/mol. The number of aryl methyl sites for hydroxylation is 3. The molecule has 0 bridgehead atoms. The van der Waals surface area contributed by atoms with Gasteiger partial charge in [0, 0.05) is 17.8 Å². The minimum Gasteiger partial charge on any atom is -0.469 e. The monoisotopic (exact) mass is 286 g/mol. The van der Waals surface area contributed by atoms with Crippen LogP contribution in [0.1, 0.15) is 28.9 Å². The molecule has 0 radical (unpaired) electrons. The normalized spacial score (nSPS) is 10.6. The van der Waals surface area contributed by atoms with Crippen molar-refractivity contribution in [2.24, 2.45) is 0 Å². The van der Waals surface area contributed by atoms with Gasteiger partial charge in [0.1, 0.15) is 0 Å². The molecule has 0 saturated heterocycles. The van der Waals surface area contributed by atoms with E-state index in [4.69, 9.17) is 4.74 Å². The Kier molecular flexibility index (Phi) is 5.14. The molecule has 112 valence electrons. The number of nitrogens with zero attached hydrogens (tertiary/aromatic N) is 2. The van der Waals surface area contributed by atoms with Crippen molar-refractivity contribution < 1.29 is 9.53 Å². The maximum absolute atomic E-state index is 11.4. The Labute approximate surface area is 125 Å². The lowest BCUT2D eigenvalue weighted by Crippen LogP contribution is -2.07. The van der Waals surface area contributed by atoms with Crippen molar-refractivity contribution in [3.8, 4) is 0 Å². The Morgan fingerprint density at radius 3 is 2.62 bits per heavy atom. The Morgan fingerprint density at radius 1 is 1.24 bits per heavy atom. The Morgan fingerprint density at radius 2 is 1.95 bits per heavy atom. The molecule has 0 atom stereocenters. The van der Waals surface area contributed by atoms with Crippen LogP contribution in [-0.2, 0) is 28.9 Å². The van der Waals surface area contributed by atoms with Crippen LogP contribution >= 0.6 is 0 Å². The molecule has 2 rings (SSSR count). The van der Waals surface area contributed by atoms with E-state index in [-0.39, 0.29) is 5.97 Å². The third-order valence-electron chi connectivity index (χ3n) is 3.76. The van der Waals surface area contributed by atoms with E-state index in [1.54, 1.807) is 0 Å². The van der Waals surface area contributed by atoms with Gasteiger partial charge < -0.3 is 4.74 Å². The van der Waals surface area contributed by atoms with Crippen LogP contribution in [0, 0.1) is 13.8 Å². The summed E-state index contributed by atoms with van der Waals surface area (Å²) >= 11 is 0. The molecule has 0 aliphatic carbocycles. The standard InChI is InChI=1S/C17H22N2O2/c1-13-16(12-17(20)21-3)14(2)19(18-13)11-7-10-15-8-5-4-6-9-15/h4-6,8-9H,7,10-12H2,1-3H3. The lowest BCUT2D eigenvalue weighted by Gasteiger charge is -2.06. The zero-order valence-corrected chi connectivity index (χ0v) is 12.9. The van der Waals surface area contributed by atoms with Crippen molar-refractivity contribution in [1.29, 1.82) is 0 Å². The summed E-state index contributed by atoms with van der Waals surface area (Å²) in [6, 6.07) is 10.4. The SMILES string of the molecule is COC(=O)Cc1c(C)nn(CCCc2ccccc2)c1C. The van der Waals surface area contributed by atoms with Crippen molar-refractivity contribution >= 4 is 5.97 Å². The second-order valence-electron chi connectivity index (χ2n) is 5.21. The van der Waals surface area contributed by atoms with Crippen molar-refractivity contribution in [3.63, 3.8) is 0 Å². The topological polar surface area (TPSA) is 44.1 Å². The summed E-state index contributed by atoms with van der Waals surface area (Å²) in [4.78, 5) is 11.4. The zero-order valence-electron chi connectivity index (χ0n) is 12.9. The highest BCUT2D eigenvalue weighted by molar-refractivity contribution is 5.73. The first-order valence-corrected chi connectivity index (χ1v) is 7.25. The van der Waals surface area contributed by atoms with Crippen LogP contribution in [-0.4, -0.2) is 22.9 Å². The number of carbonyl (C=O) groups excluding carboxylic acids is 1. The van der Waals surface area contributed by atoms with Crippen molar-refractivity contribution in [1.82, 2.24) is 9.78 Å². The second kappa shape index (κ2) is 7.07. The van der Waals surface area contributed by atoms with Crippen LogP contribution < -0.4 is 0 Å². The van der Waals surface area contributed by atoms with E-state index in [1.807, 2.05) is 24.6 Å². The largest absolute Gasteiger partial charge is 0.469 e. The minimum absolute atomic E-state index is 0.218. The Hall–Kier alpha value is -2.10. The molecule has 1 aromatic heterocycles. The summed E-state index contributed by atoms with van der Waals surface area (Å²) in [5, 5.41) is 4.54. The van der Waals surface area contributed by atoms with Crippen molar-refractivity contribution in [3.05, 3.63) is 52.8 Å². The molecule has 21 heavy (non-hydrogen) atoms. The summed E-state index contributed by atoms with van der Waals surface area (Å²) in [7, 11) is 1.41. The fourth-order valence-electron chi connectivity index (χ4n) is 2.50. The van der Waals surface area contributed by atoms with Gasteiger partial charge in [-0.1, -0.05) is 30.3 Å². The number of rotatable bonds is 6. The zero-order chi connectivity index (χ0) is 15.2. The molecule has 1 heterocycles. The molecule has 0 saturated carbocycles. The van der Waals surface area contributed by atoms with Crippen LogP contribution in [0.3, 0.4) is 0 Å². The molecule has 0 spiro atoms. The number of hydrogen-bond donors (Lipinski definition) is 0. The third kappa shape index (κ3) is 3.94. The van der Waals surface area contributed by atoms with Gasteiger partial charge >= 0.3 is 5.97 Å². The highest BCUT2D eigenvalue weighted by Gasteiger charge is 2.14. The quantitative estimate of drug-likeness (QED) is 0.767. The van der Waals surface area contributed by atoms with Gasteiger partial charge in [0.25, 0.3) is 0 Å². The van der Waals surface area contributed by atoms with Gasteiger partial charge in [-0.25, -0.2) is 0 Å². The Balaban J connectivity index is 1.98. The van der Waals surface area contributed by atoms with Crippen molar-refractivity contribution in [2.75, 3.05) is 7.11 Å². The molecule has 1 aromatic carbocycles. The first-order chi connectivity index (χ1) is 10.1. The van der Waals surface area contributed by atoms with E-state index in [9.17, 15) is 4.79 Å². The van der Waals surface area contributed by atoms with Gasteiger partial charge in [-0.3, -0.25) is 9.48 Å². The number of aromatic nitrogens is 2. The summed E-state index contributed by atoms with van der Waals surface area (Å²) in [5.74, 6) is -0.218. The summed E-state index contributed by atoms with van der Waals surface area (Å²) in [5.41, 5.74) is 4.30. The molecule has 0 unspecified atom stereocenters. The number of ether oxygens (including phenoxy) is 1. The molecule has 4 heteroatoms. The third-order valence-corrected chi connectivity index (χ3v) is 3.76. The van der Waals surface area contributed by atoms with E-state index in [0.29, 0.717) is 6.42 Å². The van der Waals surface area contributed by atoms with E-state index in [0.717, 1.165) is 36.3 Å². The average molecular weight is 286 g/mol. The lowest BCUT2D eigenvalue weighted by atomic mass is 10.1. The highest BCUT2D eigenvalue weighted by Crippen LogP contribution is 2.15. The summed E-state index contributed by atoms with van der Waals surface area (Å²) in [6.07, 6.45) is 2.36. The van der Waals surface area contributed by atoms with Crippen LogP contribution in [0.15, 0.2) is 30.3 Å². The molecule has 0 aliphatic rings. The predicted octanol–water partition coefficient (Wildman–Crippen LogP) is 2.85. The fourth-order valence-corrected chi connectivity index (χ4v) is 2.50. The number of esters is 1. The summed E-state index contributed by atoms with van der Waals surface area (Å²) < 4.78 is 6.73. The molecule has 4 nitrogen and oxygen atoms in total. The molecule has 0 N–H and O–H groups in total. The van der Waals surface area contributed by atoms with Crippen LogP contribution in [0.4, 0.5) is 0 Å². The minimum atomic E-state index is -0.218. The lowest BCUT2D eigenvalue weighted by molar-refractivity contribution is -0.139. The molecule has 2 aromatic rings. The molecule has 0 fully saturated rings. The van der Waals surface area contributed by atoms with Crippen LogP contribution in [0.5, 0.6) is 0 Å². The van der Waals surface area contributed by atoms with E-state index >= 15 is 0 Å². The predicted molar refractivity (Wildman–Crippen MR) is 82.2 cm³/mol.